The number of aliphatic hydroxyl groups is 1. The SMILES string of the molecule is COc1cc(Cl)cc(CC2(O)CC2)c1OC1CN(C)C1. The van der Waals surface area contributed by atoms with Gasteiger partial charge in [-0.3, -0.25) is 4.90 Å². The van der Waals surface area contributed by atoms with E-state index < -0.39 is 5.60 Å². The Morgan fingerprint density at radius 2 is 2.10 bits per heavy atom. The van der Waals surface area contributed by atoms with Gasteiger partial charge in [0.2, 0.25) is 0 Å². The minimum atomic E-state index is -0.579. The van der Waals surface area contributed by atoms with E-state index in [2.05, 4.69) is 11.9 Å². The first kappa shape index (κ1) is 14.0. The summed E-state index contributed by atoms with van der Waals surface area (Å²) in [6.45, 7) is 1.82. The fourth-order valence-electron chi connectivity index (χ4n) is 2.60. The summed E-state index contributed by atoms with van der Waals surface area (Å²) in [5.74, 6) is 1.38. The van der Waals surface area contributed by atoms with Gasteiger partial charge in [0.1, 0.15) is 6.10 Å². The van der Waals surface area contributed by atoms with Gasteiger partial charge in [-0.2, -0.15) is 0 Å². The van der Waals surface area contributed by atoms with Gasteiger partial charge < -0.3 is 14.6 Å². The van der Waals surface area contributed by atoms with E-state index in [0.29, 0.717) is 17.2 Å². The Bertz CT molecular complexity index is 510. The second-order valence-corrected chi connectivity index (χ2v) is 6.39. The molecule has 0 amide bonds. The van der Waals surface area contributed by atoms with Crippen molar-refractivity contribution in [2.75, 3.05) is 27.2 Å². The number of hydrogen-bond donors (Lipinski definition) is 1. The first-order valence-electron chi connectivity index (χ1n) is 6.93. The molecule has 2 aliphatic rings. The van der Waals surface area contributed by atoms with Crippen molar-refractivity contribution >= 4 is 11.6 Å². The molecule has 0 aromatic heterocycles. The molecule has 0 spiro atoms. The van der Waals surface area contributed by atoms with Crippen molar-refractivity contribution in [1.82, 2.24) is 4.90 Å². The van der Waals surface area contributed by atoms with Crippen molar-refractivity contribution in [2.45, 2.75) is 31.0 Å². The molecular formula is C15H20ClNO3. The number of nitrogens with zero attached hydrogens (tertiary/aromatic N) is 1. The zero-order valence-corrected chi connectivity index (χ0v) is 12.6. The van der Waals surface area contributed by atoms with Crippen LogP contribution in [-0.2, 0) is 6.42 Å². The molecule has 3 rings (SSSR count). The highest BCUT2D eigenvalue weighted by molar-refractivity contribution is 6.30. The minimum Gasteiger partial charge on any atom is -0.493 e. The Labute approximate surface area is 124 Å². The summed E-state index contributed by atoms with van der Waals surface area (Å²) in [4.78, 5) is 2.20. The Hall–Kier alpha value is -0.970. The lowest BCUT2D eigenvalue weighted by molar-refractivity contribution is 0.0355. The molecule has 1 heterocycles. The number of hydrogen-bond acceptors (Lipinski definition) is 4. The molecule has 1 aromatic carbocycles. The maximum absolute atomic E-state index is 10.2. The summed E-state index contributed by atoms with van der Waals surface area (Å²) >= 11 is 6.13. The van der Waals surface area contributed by atoms with Crippen LogP contribution >= 0.6 is 11.6 Å². The molecule has 1 saturated carbocycles. The van der Waals surface area contributed by atoms with Gasteiger partial charge in [-0.15, -0.1) is 0 Å². The van der Waals surface area contributed by atoms with E-state index in [1.165, 1.54) is 0 Å². The molecule has 1 N–H and O–H groups in total. The van der Waals surface area contributed by atoms with Crippen molar-refractivity contribution in [2.24, 2.45) is 0 Å². The number of benzene rings is 1. The van der Waals surface area contributed by atoms with Crippen molar-refractivity contribution in [1.29, 1.82) is 0 Å². The highest BCUT2D eigenvalue weighted by atomic mass is 35.5. The molecule has 1 saturated heterocycles. The van der Waals surface area contributed by atoms with Crippen molar-refractivity contribution in [3.05, 3.63) is 22.7 Å². The molecule has 0 radical (unpaired) electrons. The monoisotopic (exact) mass is 297 g/mol. The van der Waals surface area contributed by atoms with Crippen LogP contribution in [0, 0.1) is 0 Å². The summed E-state index contributed by atoms with van der Waals surface area (Å²) < 4.78 is 11.5. The normalized spacial score (nSPS) is 21.4. The number of ether oxygens (including phenoxy) is 2. The highest BCUT2D eigenvalue weighted by Crippen LogP contribution is 2.44. The van der Waals surface area contributed by atoms with Crippen LogP contribution in [0.2, 0.25) is 5.02 Å². The van der Waals surface area contributed by atoms with E-state index in [9.17, 15) is 5.11 Å². The molecule has 2 fully saturated rings. The quantitative estimate of drug-likeness (QED) is 0.904. The average molecular weight is 298 g/mol. The topological polar surface area (TPSA) is 41.9 Å². The summed E-state index contributed by atoms with van der Waals surface area (Å²) in [6, 6.07) is 3.64. The van der Waals surface area contributed by atoms with Crippen LogP contribution in [-0.4, -0.2) is 49.0 Å². The molecular weight excluding hydrogens is 278 g/mol. The van der Waals surface area contributed by atoms with Gasteiger partial charge in [0.15, 0.2) is 11.5 Å². The highest BCUT2D eigenvalue weighted by Gasteiger charge is 2.41. The molecule has 20 heavy (non-hydrogen) atoms. The van der Waals surface area contributed by atoms with Crippen molar-refractivity contribution in [3.8, 4) is 11.5 Å². The fraction of sp³-hybridized carbons (Fsp3) is 0.600. The molecule has 5 heteroatoms. The van der Waals surface area contributed by atoms with E-state index in [0.717, 1.165) is 37.2 Å². The summed E-state index contributed by atoms with van der Waals surface area (Å²) in [6.07, 6.45) is 2.44. The number of methoxy groups -OCH3 is 1. The molecule has 0 unspecified atom stereocenters. The van der Waals surface area contributed by atoms with Crippen LogP contribution in [0.4, 0.5) is 0 Å². The maximum Gasteiger partial charge on any atom is 0.165 e. The zero-order chi connectivity index (χ0) is 14.3. The second kappa shape index (κ2) is 5.10. The maximum atomic E-state index is 10.2. The Balaban J connectivity index is 1.86. The predicted octanol–water partition coefficient (Wildman–Crippen LogP) is 2.11. The first-order valence-corrected chi connectivity index (χ1v) is 7.31. The van der Waals surface area contributed by atoms with Crippen LogP contribution in [0.1, 0.15) is 18.4 Å². The van der Waals surface area contributed by atoms with E-state index in [-0.39, 0.29) is 6.10 Å². The minimum absolute atomic E-state index is 0.183. The lowest BCUT2D eigenvalue weighted by Gasteiger charge is -2.36. The molecule has 0 bridgehead atoms. The summed E-state index contributed by atoms with van der Waals surface area (Å²) in [5, 5.41) is 10.8. The van der Waals surface area contributed by atoms with Gasteiger partial charge in [-0.05, 0) is 26.0 Å². The van der Waals surface area contributed by atoms with Gasteiger partial charge in [0.25, 0.3) is 0 Å². The van der Waals surface area contributed by atoms with Gasteiger partial charge >= 0.3 is 0 Å². The first-order chi connectivity index (χ1) is 9.49. The van der Waals surface area contributed by atoms with Gasteiger partial charge in [0.05, 0.1) is 12.7 Å². The van der Waals surface area contributed by atoms with Crippen molar-refractivity contribution in [3.63, 3.8) is 0 Å². The number of rotatable bonds is 5. The van der Waals surface area contributed by atoms with Crippen LogP contribution in [0.3, 0.4) is 0 Å². The van der Waals surface area contributed by atoms with Crippen LogP contribution < -0.4 is 9.47 Å². The molecule has 1 aromatic rings. The fourth-order valence-corrected chi connectivity index (χ4v) is 2.83. The Morgan fingerprint density at radius 1 is 1.40 bits per heavy atom. The second-order valence-electron chi connectivity index (χ2n) is 5.96. The third kappa shape index (κ3) is 2.87. The van der Waals surface area contributed by atoms with E-state index in [1.807, 2.05) is 6.07 Å². The van der Waals surface area contributed by atoms with Gasteiger partial charge in [-0.1, -0.05) is 11.6 Å². The lowest BCUT2D eigenvalue weighted by Crippen LogP contribution is -2.51. The smallest absolute Gasteiger partial charge is 0.165 e. The third-order valence-corrected chi connectivity index (χ3v) is 4.20. The van der Waals surface area contributed by atoms with Gasteiger partial charge in [-0.25, -0.2) is 0 Å². The molecule has 110 valence electrons. The van der Waals surface area contributed by atoms with Crippen LogP contribution in [0.15, 0.2) is 12.1 Å². The third-order valence-electron chi connectivity index (χ3n) is 3.98. The Kier molecular flexibility index (Phi) is 3.56. The largest absolute Gasteiger partial charge is 0.493 e. The predicted molar refractivity (Wildman–Crippen MR) is 77.8 cm³/mol. The summed E-state index contributed by atoms with van der Waals surface area (Å²) in [7, 11) is 3.67. The number of likely N-dealkylation sites (N-methyl/N-ethyl adjacent to an activating group) is 1. The molecule has 1 aliphatic carbocycles. The van der Waals surface area contributed by atoms with E-state index in [1.54, 1.807) is 13.2 Å². The van der Waals surface area contributed by atoms with Crippen LogP contribution in [0.25, 0.3) is 0 Å². The average Bonchev–Trinajstić information content (AvgIpc) is 3.07. The molecule has 4 nitrogen and oxygen atoms in total. The van der Waals surface area contributed by atoms with Crippen LogP contribution in [0.5, 0.6) is 11.5 Å². The molecule has 0 atom stereocenters. The molecule has 1 aliphatic heterocycles. The lowest BCUT2D eigenvalue weighted by atomic mass is 10.0. The number of likely N-dealkylation sites (tertiary alicyclic amines) is 1. The zero-order valence-electron chi connectivity index (χ0n) is 11.9. The van der Waals surface area contributed by atoms with Gasteiger partial charge in [0, 0.05) is 36.2 Å². The Morgan fingerprint density at radius 3 is 2.65 bits per heavy atom. The summed E-state index contributed by atoms with van der Waals surface area (Å²) in [5.41, 5.74) is 0.355. The van der Waals surface area contributed by atoms with E-state index >= 15 is 0 Å². The standard InChI is InChI=1S/C15H20ClNO3/c1-17-8-12(9-17)20-14-10(7-15(18)3-4-15)5-11(16)6-13(14)19-2/h5-6,12,18H,3-4,7-9H2,1-2H3. The number of halogens is 1. The van der Waals surface area contributed by atoms with E-state index in [4.69, 9.17) is 21.1 Å². The van der Waals surface area contributed by atoms with Crippen molar-refractivity contribution < 1.29 is 14.6 Å².